The SMILES string of the molecule is CN(Cc1cccc2c1OCCOCCOCCN(CCCC(=O)OC(C)(C)C)S(=O)(=O)c1ccc(cc1)-c1cnc(N)c(n1)C(=O)N2)C(=O)OC(C)(C)C. The molecule has 17 heteroatoms. The molecule has 3 aromatic rings. The van der Waals surface area contributed by atoms with E-state index in [9.17, 15) is 22.8 Å². The van der Waals surface area contributed by atoms with E-state index in [4.69, 9.17) is 29.4 Å². The quantitative estimate of drug-likeness (QED) is 0.253. The number of para-hydroxylation sites is 1. The van der Waals surface area contributed by atoms with Gasteiger partial charge in [-0.3, -0.25) is 9.59 Å². The molecule has 0 unspecified atom stereocenters. The van der Waals surface area contributed by atoms with Crippen LogP contribution >= 0.6 is 0 Å². The summed E-state index contributed by atoms with van der Waals surface area (Å²) in [5.41, 5.74) is 6.24. The van der Waals surface area contributed by atoms with Gasteiger partial charge in [0, 0.05) is 37.7 Å². The fourth-order valence-corrected chi connectivity index (χ4v) is 6.77. The first-order chi connectivity index (χ1) is 25.8. The second kappa shape index (κ2) is 18.7. The van der Waals surface area contributed by atoms with Crippen LogP contribution in [0.25, 0.3) is 11.3 Å². The zero-order valence-corrected chi connectivity index (χ0v) is 33.4. The molecular weight excluding hydrogens is 733 g/mol. The van der Waals surface area contributed by atoms with Crippen molar-refractivity contribution in [1.29, 1.82) is 0 Å². The fraction of sp³-hybridized carbons (Fsp3) is 0.500. The first kappa shape index (κ1) is 42.9. The van der Waals surface area contributed by atoms with Crippen LogP contribution in [0.1, 0.15) is 70.4 Å². The first-order valence-corrected chi connectivity index (χ1v) is 19.4. The lowest BCUT2D eigenvalue weighted by Gasteiger charge is -2.25. The number of hydrogen-bond donors (Lipinski definition) is 2. The second-order valence-corrected chi connectivity index (χ2v) is 16.7. The number of nitrogen functional groups attached to an aromatic ring is 1. The summed E-state index contributed by atoms with van der Waals surface area (Å²) in [6.07, 6.45) is 1.13. The van der Waals surface area contributed by atoms with Crippen LogP contribution in [0.4, 0.5) is 16.3 Å². The van der Waals surface area contributed by atoms with E-state index in [0.717, 1.165) is 0 Å². The highest BCUT2D eigenvalue weighted by molar-refractivity contribution is 7.89. The number of benzene rings is 2. The third-order valence-corrected chi connectivity index (χ3v) is 9.71. The molecule has 5 rings (SSSR count). The van der Waals surface area contributed by atoms with Gasteiger partial charge in [-0.05, 0) is 66.2 Å². The van der Waals surface area contributed by atoms with Crippen LogP contribution in [0.5, 0.6) is 5.75 Å². The highest BCUT2D eigenvalue weighted by atomic mass is 32.2. The van der Waals surface area contributed by atoms with Crippen LogP contribution < -0.4 is 15.8 Å². The summed E-state index contributed by atoms with van der Waals surface area (Å²) in [5.74, 6) is -0.918. The summed E-state index contributed by atoms with van der Waals surface area (Å²) < 4.78 is 57.4. The predicted molar refractivity (Wildman–Crippen MR) is 205 cm³/mol. The van der Waals surface area contributed by atoms with Gasteiger partial charge in [-0.2, -0.15) is 4.31 Å². The molecule has 2 aromatic carbocycles. The number of nitrogens with zero attached hydrogens (tertiary/aromatic N) is 4. The third-order valence-electron chi connectivity index (χ3n) is 7.80. The monoisotopic (exact) mass is 784 g/mol. The zero-order chi connectivity index (χ0) is 40.4. The Morgan fingerprint density at radius 3 is 2.27 bits per heavy atom. The number of carbonyl (C=O) groups excluding carboxylic acids is 3. The Hall–Kier alpha value is -4.84. The maximum atomic E-state index is 13.8. The standard InChI is InChI=1S/C38H52N6O10S/c1-37(2,3)53-31(45)12-9-17-44-18-19-50-20-21-51-22-23-52-33-27(25-43(7)36(47)54-38(4,5)6)10-8-11-29(33)42-35(46)32-34(39)40-24-30(41-32)26-13-15-28(16-14-26)55(44,48)49/h8,10-11,13-16,24H,9,12,17-23,25H2,1-7H3,(H2,39,40)(H,42,46). The van der Waals surface area contributed by atoms with E-state index in [1.54, 1.807) is 78.9 Å². The van der Waals surface area contributed by atoms with Crippen molar-refractivity contribution in [3.05, 3.63) is 59.9 Å². The molecule has 3 N–H and O–H groups in total. The topological polar surface area (TPSA) is 202 Å². The number of nitrogens with two attached hydrogens (primary N) is 1. The van der Waals surface area contributed by atoms with Crippen LogP contribution in [0.15, 0.2) is 53.6 Å². The summed E-state index contributed by atoms with van der Waals surface area (Å²) in [5, 5.41) is 2.82. The van der Waals surface area contributed by atoms with Crippen LogP contribution in [-0.2, 0) is 40.3 Å². The summed E-state index contributed by atoms with van der Waals surface area (Å²) in [4.78, 5) is 48.9. The Morgan fingerprint density at radius 2 is 1.60 bits per heavy atom. The van der Waals surface area contributed by atoms with Gasteiger partial charge in [-0.25, -0.2) is 23.2 Å². The van der Waals surface area contributed by atoms with Crippen molar-refractivity contribution >= 4 is 39.5 Å². The Morgan fingerprint density at radius 1 is 0.945 bits per heavy atom. The van der Waals surface area contributed by atoms with Crippen LogP contribution in [0.2, 0.25) is 0 Å². The van der Waals surface area contributed by atoms with Crippen LogP contribution in [0.3, 0.4) is 0 Å². The minimum atomic E-state index is -4.01. The Bertz CT molecular complexity index is 1910. The number of esters is 1. The van der Waals surface area contributed by atoms with Crippen molar-refractivity contribution in [3.8, 4) is 17.0 Å². The van der Waals surface area contributed by atoms with Crippen molar-refractivity contribution < 1.29 is 46.5 Å². The zero-order valence-electron chi connectivity index (χ0n) is 32.5. The Labute approximate surface area is 322 Å². The molecule has 0 aliphatic carbocycles. The average molecular weight is 785 g/mol. The molecule has 0 radical (unpaired) electrons. The largest absolute Gasteiger partial charge is 0.489 e. The fourth-order valence-electron chi connectivity index (χ4n) is 5.31. The molecule has 2 aliphatic rings. The Balaban J connectivity index is 1.62. The second-order valence-electron chi connectivity index (χ2n) is 14.8. The van der Waals surface area contributed by atoms with Gasteiger partial charge in [0.05, 0.1) is 55.4 Å². The lowest BCUT2D eigenvalue weighted by molar-refractivity contribution is -0.154. The van der Waals surface area contributed by atoms with Crippen molar-refractivity contribution in [1.82, 2.24) is 19.2 Å². The van der Waals surface area contributed by atoms with Gasteiger partial charge in [-0.15, -0.1) is 0 Å². The summed E-state index contributed by atoms with van der Waals surface area (Å²) >= 11 is 0. The maximum absolute atomic E-state index is 13.8. The molecule has 0 saturated carbocycles. The number of nitrogens with one attached hydrogen (secondary N) is 1. The molecule has 55 heavy (non-hydrogen) atoms. The number of rotatable bonds is 6. The van der Waals surface area contributed by atoms with Crippen LogP contribution in [0, 0.1) is 0 Å². The maximum Gasteiger partial charge on any atom is 0.410 e. The number of fused-ring (bicyclic) bond motifs is 13. The van der Waals surface area contributed by atoms with Gasteiger partial charge in [-0.1, -0.05) is 24.3 Å². The van der Waals surface area contributed by atoms with Crippen molar-refractivity contribution in [2.45, 2.75) is 77.0 Å². The van der Waals surface area contributed by atoms with E-state index in [1.807, 2.05) is 0 Å². The highest BCUT2D eigenvalue weighted by Crippen LogP contribution is 2.32. The van der Waals surface area contributed by atoms with Gasteiger partial charge in [0.25, 0.3) is 5.91 Å². The van der Waals surface area contributed by atoms with Crippen molar-refractivity contribution in [2.75, 3.05) is 64.2 Å². The molecule has 0 saturated heterocycles. The van der Waals surface area contributed by atoms with E-state index in [-0.39, 0.29) is 87.6 Å². The van der Waals surface area contributed by atoms with Gasteiger partial charge in [0.1, 0.15) is 23.6 Å². The van der Waals surface area contributed by atoms with E-state index in [1.165, 1.54) is 27.5 Å². The summed E-state index contributed by atoms with van der Waals surface area (Å²) in [6.45, 7) is 11.5. The van der Waals surface area contributed by atoms with E-state index in [0.29, 0.717) is 22.6 Å². The molecule has 300 valence electrons. The molecule has 3 heterocycles. The molecule has 0 fully saturated rings. The smallest absolute Gasteiger partial charge is 0.410 e. The lowest BCUT2D eigenvalue weighted by atomic mass is 10.1. The van der Waals surface area contributed by atoms with Crippen molar-refractivity contribution in [3.63, 3.8) is 0 Å². The number of ether oxygens (including phenoxy) is 5. The van der Waals surface area contributed by atoms with Gasteiger partial charge < -0.3 is 39.6 Å². The van der Waals surface area contributed by atoms with E-state index >= 15 is 0 Å². The van der Waals surface area contributed by atoms with E-state index < -0.39 is 39.2 Å². The van der Waals surface area contributed by atoms with Crippen LogP contribution in [-0.4, -0.2) is 110 Å². The number of amides is 2. The first-order valence-electron chi connectivity index (χ1n) is 17.9. The number of carbonyl (C=O) groups is 3. The van der Waals surface area contributed by atoms with Gasteiger partial charge >= 0.3 is 12.1 Å². The molecule has 2 aliphatic heterocycles. The molecule has 0 atom stereocenters. The minimum absolute atomic E-state index is 0.0186. The highest BCUT2D eigenvalue weighted by Gasteiger charge is 2.26. The third kappa shape index (κ3) is 12.9. The molecule has 4 bridgehead atoms. The Kier molecular flexibility index (Phi) is 14.6. The number of sulfonamides is 1. The number of aromatic nitrogens is 2. The summed E-state index contributed by atoms with van der Waals surface area (Å²) in [6, 6.07) is 11.1. The molecule has 16 nitrogen and oxygen atoms in total. The van der Waals surface area contributed by atoms with E-state index in [2.05, 4.69) is 15.3 Å². The average Bonchev–Trinajstić information content (AvgIpc) is 3.09. The number of hydrogen-bond acceptors (Lipinski definition) is 13. The molecular formula is C38H52N6O10S. The normalized spacial score (nSPS) is 16.0. The lowest BCUT2D eigenvalue weighted by Crippen LogP contribution is -2.35. The number of anilines is 2. The molecule has 2 amide bonds. The predicted octanol–water partition coefficient (Wildman–Crippen LogP) is 4.88. The summed E-state index contributed by atoms with van der Waals surface area (Å²) in [7, 11) is -2.42. The molecule has 1 aromatic heterocycles. The molecule has 0 spiro atoms. The van der Waals surface area contributed by atoms with Crippen molar-refractivity contribution in [2.24, 2.45) is 0 Å². The minimum Gasteiger partial charge on any atom is -0.489 e. The van der Waals surface area contributed by atoms with Gasteiger partial charge in [0.15, 0.2) is 11.5 Å². The van der Waals surface area contributed by atoms with Gasteiger partial charge in [0.2, 0.25) is 10.0 Å².